The average molecular weight is 513 g/mol. The van der Waals surface area contributed by atoms with E-state index in [4.69, 9.17) is 4.74 Å². The number of piperazine rings is 1. The Bertz CT molecular complexity index is 1430. The Kier molecular flexibility index (Phi) is 6.31. The van der Waals surface area contributed by atoms with Gasteiger partial charge in [-0.3, -0.25) is 14.7 Å². The van der Waals surface area contributed by atoms with Crippen molar-refractivity contribution in [1.82, 2.24) is 19.4 Å². The molecule has 0 amide bonds. The Morgan fingerprint density at radius 3 is 2.62 bits per heavy atom. The monoisotopic (exact) mass is 512 g/mol. The lowest BCUT2D eigenvalue weighted by Crippen LogP contribution is -2.62. The number of aryl methyl sites for hydroxylation is 1. The van der Waals surface area contributed by atoms with Gasteiger partial charge in [0.2, 0.25) is 5.75 Å². The molecule has 37 heavy (non-hydrogen) atoms. The lowest BCUT2D eigenvalue weighted by molar-refractivity contribution is -0.137. The van der Waals surface area contributed by atoms with Crippen molar-refractivity contribution in [1.29, 1.82) is 5.26 Å². The summed E-state index contributed by atoms with van der Waals surface area (Å²) < 4.78 is 46.7. The first kappa shape index (κ1) is 25.0. The van der Waals surface area contributed by atoms with Crippen LogP contribution < -0.4 is 15.2 Å². The lowest BCUT2D eigenvalue weighted by atomic mass is 9.96. The standard InChI is InChI=1S/C26H27F3N6O2/c1-4-17-12-35-18(13-34(17)20(5-2)19-8-6-15(11-31-19)26(27,28)29)14-37-24-23(35)22-21(33(3)25(24)36)9-7-16(10-30)32-22/h6-9,11,17-18,20H,4-5,12-14H2,1-3H3/t17-,18+,20-/m1/s1. The van der Waals surface area contributed by atoms with Gasteiger partial charge < -0.3 is 14.2 Å². The molecule has 5 rings (SSSR count). The number of aromatic nitrogens is 3. The number of hydrogen-bond donors (Lipinski definition) is 0. The number of alkyl halides is 3. The van der Waals surface area contributed by atoms with Crippen molar-refractivity contribution in [2.75, 3.05) is 24.6 Å². The third-order valence-electron chi connectivity index (χ3n) is 7.45. The minimum absolute atomic E-state index is 0.0505. The summed E-state index contributed by atoms with van der Waals surface area (Å²) in [4.78, 5) is 26.3. The second kappa shape index (κ2) is 9.34. The number of nitriles is 1. The molecule has 0 bridgehead atoms. The molecule has 0 spiro atoms. The van der Waals surface area contributed by atoms with Gasteiger partial charge in [-0.15, -0.1) is 0 Å². The number of nitrogens with zero attached hydrogens (tertiary/aromatic N) is 6. The predicted molar refractivity (Wildman–Crippen MR) is 131 cm³/mol. The summed E-state index contributed by atoms with van der Waals surface area (Å²) in [6, 6.07) is 7.71. The molecule has 1 saturated heterocycles. The van der Waals surface area contributed by atoms with E-state index in [1.165, 1.54) is 10.6 Å². The van der Waals surface area contributed by atoms with Crippen molar-refractivity contribution in [3.8, 4) is 11.8 Å². The van der Waals surface area contributed by atoms with Crippen LogP contribution >= 0.6 is 0 Å². The molecule has 194 valence electrons. The van der Waals surface area contributed by atoms with Gasteiger partial charge in [-0.2, -0.15) is 18.4 Å². The molecule has 8 nitrogen and oxygen atoms in total. The maximum atomic E-state index is 13.1. The maximum absolute atomic E-state index is 13.1. The highest BCUT2D eigenvalue weighted by Gasteiger charge is 2.42. The van der Waals surface area contributed by atoms with Gasteiger partial charge in [-0.1, -0.05) is 13.8 Å². The topological polar surface area (TPSA) is 87.3 Å². The predicted octanol–water partition coefficient (Wildman–Crippen LogP) is 4.03. The Hall–Kier alpha value is -3.65. The van der Waals surface area contributed by atoms with Gasteiger partial charge in [-0.25, -0.2) is 4.98 Å². The lowest BCUT2D eigenvalue weighted by Gasteiger charge is -2.51. The van der Waals surface area contributed by atoms with Gasteiger partial charge in [0.25, 0.3) is 5.56 Å². The number of hydrogen-bond acceptors (Lipinski definition) is 7. The summed E-state index contributed by atoms with van der Waals surface area (Å²) in [5.41, 5.74) is 1.58. The zero-order valence-corrected chi connectivity index (χ0v) is 20.8. The fourth-order valence-corrected chi connectivity index (χ4v) is 5.52. The summed E-state index contributed by atoms with van der Waals surface area (Å²) >= 11 is 0. The van der Waals surface area contributed by atoms with Gasteiger partial charge in [0.15, 0.2) is 0 Å². The van der Waals surface area contributed by atoms with E-state index in [0.29, 0.717) is 41.9 Å². The number of ether oxygens (including phenoxy) is 1. The van der Waals surface area contributed by atoms with Crippen molar-refractivity contribution in [3.63, 3.8) is 0 Å². The van der Waals surface area contributed by atoms with Crippen LogP contribution in [-0.2, 0) is 13.2 Å². The molecule has 0 N–H and O–H groups in total. The van der Waals surface area contributed by atoms with Crippen LogP contribution in [0.25, 0.3) is 11.0 Å². The van der Waals surface area contributed by atoms with Gasteiger partial charge in [-0.05, 0) is 37.1 Å². The van der Waals surface area contributed by atoms with Crippen molar-refractivity contribution in [2.45, 2.75) is 51.0 Å². The van der Waals surface area contributed by atoms with Crippen LogP contribution in [0.5, 0.6) is 5.75 Å². The average Bonchev–Trinajstić information content (AvgIpc) is 2.90. The second-order valence-corrected chi connectivity index (χ2v) is 9.49. The number of pyridine rings is 3. The van der Waals surface area contributed by atoms with Crippen molar-refractivity contribution >= 4 is 16.7 Å². The molecular weight excluding hydrogens is 485 g/mol. The summed E-state index contributed by atoms with van der Waals surface area (Å²) in [5.74, 6) is 0.230. The maximum Gasteiger partial charge on any atom is 0.417 e. The highest BCUT2D eigenvalue weighted by Crippen LogP contribution is 2.41. The Morgan fingerprint density at radius 1 is 1.22 bits per heavy atom. The molecular formula is C26H27F3N6O2. The van der Waals surface area contributed by atoms with Crippen LogP contribution in [0.4, 0.5) is 18.9 Å². The quantitative estimate of drug-likeness (QED) is 0.522. The van der Waals surface area contributed by atoms with Crippen LogP contribution in [-0.4, -0.2) is 51.2 Å². The molecule has 2 aliphatic heterocycles. The minimum atomic E-state index is -4.43. The van der Waals surface area contributed by atoms with E-state index in [1.807, 2.05) is 6.92 Å². The first-order valence-corrected chi connectivity index (χ1v) is 12.3. The van der Waals surface area contributed by atoms with Crippen molar-refractivity contribution in [3.05, 3.63) is 57.8 Å². The molecule has 11 heteroatoms. The summed E-state index contributed by atoms with van der Waals surface area (Å²) in [5, 5.41) is 9.43. The van der Waals surface area contributed by atoms with E-state index in [9.17, 15) is 23.2 Å². The van der Waals surface area contributed by atoms with E-state index in [0.717, 1.165) is 18.7 Å². The molecule has 3 aromatic rings. The third-order valence-corrected chi connectivity index (χ3v) is 7.45. The minimum Gasteiger partial charge on any atom is -0.484 e. The van der Waals surface area contributed by atoms with Gasteiger partial charge in [0.1, 0.15) is 29.6 Å². The SMILES string of the molecule is CC[C@@H]1CN2c3c(c(=O)n(C)c4ccc(C#N)nc34)OC[C@@H]2CN1[C@H](CC)c1ccc(C(F)(F)F)cn1. The van der Waals surface area contributed by atoms with E-state index in [2.05, 4.69) is 32.8 Å². The van der Waals surface area contributed by atoms with E-state index < -0.39 is 11.7 Å². The third kappa shape index (κ3) is 4.19. The first-order chi connectivity index (χ1) is 17.7. The molecule has 0 unspecified atom stereocenters. The Balaban J connectivity index is 1.53. The Morgan fingerprint density at radius 2 is 2.00 bits per heavy atom. The molecule has 0 radical (unpaired) electrons. The molecule has 2 aliphatic rings. The molecule has 0 aromatic carbocycles. The van der Waals surface area contributed by atoms with Crippen molar-refractivity contribution < 1.29 is 17.9 Å². The largest absolute Gasteiger partial charge is 0.484 e. The molecule has 3 atom stereocenters. The number of halogens is 3. The van der Waals surface area contributed by atoms with Crippen LogP contribution in [0.2, 0.25) is 0 Å². The Labute approximate surface area is 211 Å². The van der Waals surface area contributed by atoms with E-state index in [1.54, 1.807) is 19.2 Å². The van der Waals surface area contributed by atoms with Gasteiger partial charge in [0, 0.05) is 32.4 Å². The normalized spacial score (nSPS) is 20.6. The first-order valence-electron chi connectivity index (χ1n) is 12.3. The van der Waals surface area contributed by atoms with Crippen LogP contribution in [0.15, 0.2) is 35.3 Å². The molecule has 0 aliphatic carbocycles. The summed E-state index contributed by atoms with van der Waals surface area (Å²) in [6.07, 6.45) is -2.07. The van der Waals surface area contributed by atoms with Gasteiger partial charge >= 0.3 is 6.18 Å². The van der Waals surface area contributed by atoms with Crippen LogP contribution in [0.3, 0.4) is 0 Å². The van der Waals surface area contributed by atoms with Crippen molar-refractivity contribution in [2.24, 2.45) is 7.05 Å². The molecule has 0 saturated carbocycles. The summed E-state index contributed by atoms with van der Waals surface area (Å²) in [7, 11) is 1.66. The summed E-state index contributed by atoms with van der Waals surface area (Å²) in [6.45, 7) is 5.51. The fourth-order valence-electron chi connectivity index (χ4n) is 5.52. The number of rotatable bonds is 4. The second-order valence-electron chi connectivity index (χ2n) is 9.49. The molecule has 1 fully saturated rings. The molecule has 3 aromatic heterocycles. The van der Waals surface area contributed by atoms with Crippen LogP contribution in [0, 0.1) is 11.3 Å². The van der Waals surface area contributed by atoms with E-state index >= 15 is 0 Å². The highest BCUT2D eigenvalue weighted by molar-refractivity contribution is 5.93. The van der Waals surface area contributed by atoms with Crippen LogP contribution in [0.1, 0.15) is 49.7 Å². The number of anilines is 1. The fraction of sp³-hybridized carbons (Fsp3) is 0.462. The van der Waals surface area contributed by atoms with Gasteiger partial charge in [0.05, 0.1) is 28.9 Å². The van der Waals surface area contributed by atoms with E-state index in [-0.39, 0.29) is 41.7 Å². The smallest absolute Gasteiger partial charge is 0.417 e. The zero-order valence-electron chi connectivity index (χ0n) is 20.8. The highest BCUT2D eigenvalue weighted by atomic mass is 19.4. The zero-order chi connectivity index (χ0) is 26.5. The molecule has 5 heterocycles. The number of fused-ring (bicyclic) bond motifs is 5.